The summed E-state index contributed by atoms with van der Waals surface area (Å²) in [5.41, 5.74) is 0. The zero-order valence-corrected chi connectivity index (χ0v) is 12.7. The number of amides is 1. The Kier molecular flexibility index (Phi) is 11.2. The van der Waals surface area contributed by atoms with Crippen molar-refractivity contribution in [1.29, 1.82) is 0 Å². The van der Waals surface area contributed by atoms with Crippen LogP contribution in [-0.4, -0.2) is 25.0 Å². The molecule has 3 heteroatoms. The van der Waals surface area contributed by atoms with Crippen molar-refractivity contribution >= 4 is 5.91 Å². The van der Waals surface area contributed by atoms with Crippen LogP contribution in [-0.2, 0) is 4.79 Å². The summed E-state index contributed by atoms with van der Waals surface area (Å²) in [6.07, 6.45) is 7.18. The summed E-state index contributed by atoms with van der Waals surface area (Å²) in [5.74, 6) is 0.840. The van der Waals surface area contributed by atoms with Crippen molar-refractivity contribution in [3.05, 3.63) is 0 Å². The highest BCUT2D eigenvalue weighted by molar-refractivity contribution is 5.78. The summed E-state index contributed by atoms with van der Waals surface area (Å²) in [4.78, 5) is 11.6. The third kappa shape index (κ3) is 9.46. The summed E-state index contributed by atoms with van der Waals surface area (Å²) in [6.45, 7) is 10.1. The molecule has 0 heterocycles. The minimum absolute atomic E-state index is 0.126. The predicted octanol–water partition coefficient (Wildman–Crippen LogP) is 3.10. The minimum atomic E-state index is 0.126. The summed E-state index contributed by atoms with van der Waals surface area (Å²) in [6, 6.07) is 0.298. The molecule has 108 valence electrons. The summed E-state index contributed by atoms with van der Waals surface area (Å²) in [7, 11) is 0. The number of carbonyl (C=O) groups excluding carboxylic acids is 1. The monoisotopic (exact) mass is 256 g/mol. The van der Waals surface area contributed by atoms with E-state index in [4.69, 9.17) is 0 Å². The SMILES string of the molecule is CCCCC(CC)CNCC(=O)NC(C)CCC. The van der Waals surface area contributed by atoms with E-state index in [-0.39, 0.29) is 5.91 Å². The molecular formula is C15H32N2O. The van der Waals surface area contributed by atoms with Gasteiger partial charge in [0.15, 0.2) is 0 Å². The molecule has 1 amide bonds. The minimum Gasteiger partial charge on any atom is -0.353 e. The second kappa shape index (κ2) is 11.5. The first-order chi connectivity index (χ1) is 8.63. The Bertz CT molecular complexity index is 207. The van der Waals surface area contributed by atoms with E-state index in [1.165, 1.54) is 25.7 Å². The normalized spacial score (nSPS) is 14.2. The third-order valence-corrected chi connectivity index (χ3v) is 3.39. The average Bonchev–Trinajstić information content (AvgIpc) is 2.33. The largest absolute Gasteiger partial charge is 0.353 e. The van der Waals surface area contributed by atoms with Gasteiger partial charge >= 0.3 is 0 Å². The van der Waals surface area contributed by atoms with E-state index in [1.54, 1.807) is 0 Å². The molecule has 0 saturated heterocycles. The Morgan fingerprint density at radius 3 is 2.39 bits per heavy atom. The summed E-state index contributed by atoms with van der Waals surface area (Å²) < 4.78 is 0. The molecule has 2 unspecified atom stereocenters. The first-order valence-electron chi connectivity index (χ1n) is 7.64. The topological polar surface area (TPSA) is 41.1 Å². The van der Waals surface area contributed by atoms with Crippen LogP contribution in [0, 0.1) is 5.92 Å². The molecule has 0 aliphatic carbocycles. The molecule has 0 aromatic carbocycles. The van der Waals surface area contributed by atoms with Gasteiger partial charge in [-0.2, -0.15) is 0 Å². The van der Waals surface area contributed by atoms with Crippen LogP contribution in [0.15, 0.2) is 0 Å². The highest BCUT2D eigenvalue weighted by Crippen LogP contribution is 2.10. The van der Waals surface area contributed by atoms with Gasteiger partial charge in [0.25, 0.3) is 0 Å². The molecule has 0 bridgehead atoms. The maximum atomic E-state index is 11.6. The van der Waals surface area contributed by atoms with Crippen LogP contribution < -0.4 is 10.6 Å². The quantitative estimate of drug-likeness (QED) is 0.596. The van der Waals surface area contributed by atoms with Gasteiger partial charge in [0.05, 0.1) is 6.54 Å². The molecule has 0 spiro atoms. The zero-order valence-electron chi connectivity index (χ0n) is 12.7. The van der Waals surface area contributed by atoms with Gasteiger partial charge in [-0.1, -0.05) is 46.5 Å². The fourth-order valence-electron chi connectivity index (χ4n) is 2.16. The van der Waals surface area contributed by atoms with Crippen molar-refractivity contribution in [3.63, 3.8) is 0 Å². The lowest BCUT2D eigenvalue weighted by Crippen LogP contribution is -2.40. The summed E-state index contributed by atoms with van der Waals surface area (Å²) >= 11 is 0. The van der Waals surface area contributed by atoms with E-state index in [9.17, 15) is 4.79 Å². The van der Waals surface area contributed by atoms with E-state index >= 15 is 0 Å². The molecule has 0 rings (SSSR count). The van der Waals surface area contributed by atoms with Crippen molar-refractivity contribution < 1.29 is 4.79 Å². The van der Waals surface area contributed by atoms with Gasteiger partial charge in [0.1, 0.15) is 0 Å². The van der Waals surface area contributed by atoms with Crippen molar-refractivity contribution in [3.8, 4) is 0 Å². The second-order valence-electron chi connectivity index (χ2n) is 5.30. The molecule has 2 N–H and O–H groups in total. The molecule has 0 radical (unpaired) electrons. The van der Waals surface area contributed by atoms with Crippen LogP contribution in [0.3, 0.4) is 0 Å². The molecule has 0 aliphatic rings. The Balaban J connectivity index is 3.64. The average molecular weight is 256 g/mol. The standard InChI is InChI=1S/C15H32N2O/c1-5-8-10-14(7-3)11-16-12-15(18)17-13(4)9-6-2/h13-14,16H,5-12H2,1-4H3,(H,17,18). The van der Waals surface area contributed by atoms with Crippen LogP contribution in [0.5, 0.6) is 0 Å². The predicted molar refractivity (Wildman–Crippen MR) is 78.7 cm³/mol. The smallest absolute Gasteiger partial charge is 0.234 e. The van der Waals surface area contributed by atoms with Crippen LogP contribution >= 0.6 is 0 Å². The molecule has 0 aromatic rings. The number of hydrogen-bond acceptors (Lipinski definition) is 2. The molecule has 18 heavy (non-hydrogen) atoms. The van der Waals surface area contributed by atoms with Gasteiger partial charge in [0, 0.05) is 6.04 Å². The third-order valence-electron chi connectivity index (χ3n) is 3.39. The first-order valence-corrected chi connectivity index (χ1v) is 7.64. The molecule has 2 atom stereocenters. The van der Waals surface area contributed by atoms with E-state index in [0.29, 0.717) is 18.5 Å². The molecular weight excluding hydrogens is 224 g/mol. The molecule has 0 aliphatic heterocycles. The Labute approximate surface area is 113 Å². The van der Waals surface area contributed by atoms with Crippen LogP contribution in [0.4, 0.5) is 0 Å². The molecule has 3 nitrogen and oxygen atoms in total. The number of rotatable bonds is 11. The zero-order chi connectivity index (χ0) is 13.8. The number of nitrogens with one attached hydrogen (secondary N) is 2. The fourth-order valence-corrected chi connectivity index (χ4v) is 2.16. The van der Waals surface area contributed by atoms with Gasteiger partial charge in [0.2, 0.25) is 5.91 Å². The van der Waals surface area contributed by atoms with Gasteiger partial charge < -0.3 is 10.6 Å². The highest BCUT2D eigenvalue weighted by Gasteiger charge is 2.08. The van der Waals surface area contributed by atoms with Gasteiger partial charge in [-0.3, -0.25) is 4.79 Å². The number of carbonyl (C=O) groups is 1. The molecule has 0 saturated carbocycles. The molecule has 0 fully saturated rings. The fraction of sp³-hybridized carbons (Fsp3) is 0.933. The lowest BCUT2D eigenvalue weighted by atomic mass is 9.99. The van der Waals surface area contributed by atoms with Crippen molar-refractivity contribution in [2.45, 2.75) is 72.3 Å². The second-order valence-corrected chi connectivity index (χ2v) is 5.30. The van der Waals surface area contributed by atoms with Crippen LogP contribution in [0.2, 0.25) is 0 Å². The Morgan fingerprint density at radius 2 is 1.83 bits per heavy atom. The van der Waals surface area contributed by atoms with Gasteiger partial charge in [-0.05, 0) is 32.2 Å². The Hall–Kier alpha value is -0.570. The highest BCUT2D eigenvalue weighted by atomic mass is 16.1. The van der Waals surface area contributed by atoms with E-state index < -0.39 is 0 Å². The Morgan fingerprint density at radius 1 is 1.11 bits per heavy atom. The van der Waals surface area contributed by atoms with E-state index in [2.05, 4.69) is 38.3 Å². The van der Waals surface area contributed by atoms with E-state index in [0.717, 1.165) is 19.4 Å². The first kappa shape index (κ1) is 17.4. The number of unbranched alkanes of at least 4 members (excludes halogenated alkanes) is 1. The lowest BCUT2D eigenvalue weighted by molar-refractivity contribution is -0.120. The van der Waals surface area contributed by atoms with Crippen molar-refractivity contribution in [1.82, 2.24) is 10.6 Å². The van der Waals surface area contributed by atoms with Crippen LogP contribution in [0.25, 0.3) is 0 Å². The van der Waals surface area contributed by atoms with E-state index in [1.807, 2.05) is 0 Å². The van der Waals surface area contributed by atoms with Gasteiger partial charge in [-0.25, -0.2) is 0 Å². The van der Waals surface area contributed by atoms with Gasteiger partial charge in [-0.15, -0.1) is 0 Å². The molecule has 0 aromatic heterocycles. The summed E-state index contributed by atoms with van der Waals surface area (Å²) in [5, 5.41) is 6.29. The van der Waals surface area contributed by atoms with Crippen molar-refractivity contribution in [2.75, 3.05) is 13.1 Å². The maximum absolute atomic E-state index is 11.6. The maximum Gasteiger partial charge on any atom is 0.234 e. The lowest BCUT2D eigenvalue weighted by Gasteiger charge is -2.16. The number of hydrogen-bond donors (Lipinski definition) is 2. The van der Waals surface area contributed by atoms with Crippen molar-refractivity contribution in [2.24, 2.45) is 5.92 Å². The van der Waals surface area contributed by atoms with Crippen LogP contribution in [0.1, 0.15) is 66.2 Å².